The summed E-state index contributed by atoms with van der Waals surface area (Å²) in [4.78, 5) is 15.4. The van der Waals surface area contributed by atoms with Crippen molar-refractivity contribution in [2.24, 2.45) is 0 Å². The van der Waals surface area contributed by atoms with Crippen molar-refractivity contribution in [1.29, 1.82) is 0 Å². The number of ether oxygens (including phenoxy) is 3. The Labute approximate surface area is 106 Å². The van der Waals surface area contributed by atoms with Crippen LogP contribution in [0, 0.1) is 0 Å². The van der Waals surface area contributed by atoms with Gasteiger partial charge in [0.15, 0.2) is 17.2 Å². The van der Waals surface area contributed by atoms with Crippen molar-refractivity contribution in [2.75, 3.05) is 14.2 Å². The van der Waals surface area contributed by atoms with Gasteiger partial charge in [0.2, 0.25) is 0 Å². The number of carbonyl (C=O) groups excluding carboxylic acids is 1. The van der Waals surface area contributed by atoms with E-state index < -0.39 is 5.97 Å². The van der Waals surface area contributed by atoms with Crippen molar-refractivity contribution in [1.82, 2.24) is 4.98 Å². The number of hydrogen-bond donors (Lipinski definition) is 0. The highest BCUT2D eigenvalue weighted by Crippen LogP contribution is 2.31. The van der Waals surface area contributed by atoms with Gasteiger partial charge in [-0.2, -0.15) is 0 Å². The topological polar surface area (TPSA) is 57.7 Å². The quantitative estimate of drug-likeness (QED) is 0.768. The predicted molar refractivity (Wildman–Crippen MR) is 65.0 cm³/mol. The van der Waals surface area contributed by atoms with Crippen molar-refractivity contribution >= 4 is 5.97 Å². The van der Waals surface area contributed by atoms with Gasteiger partial charge in [-0.15, -0.1) is 0 Å². The molecule has 0 spiro atoms. The van der Waals surface area contributed by atoms with Crippen LogP contribution in [0.3, 0.4) is 0 Å². The summed E-state index contributed by atoms with van der Waals surface area (Å²) in [6.07, 6.45) is 6.25. The van der Waals surface area contributed by atoms with E-state index in [-0.39, 0.29) is 11.8 Å². The molecule has 0 aliphatic heterocycles. The van der Waals surface area contributed by atoms with Crippen LogP contribution in [0.1, 0.15) is 36.2 Å². The Kier molecular flexibility index (Phi) is 4.02. The largest absolute Gasteiger partial charge is 0.493 e. The fraction of sp³-hybridized carbons (Fsp3) is 0.538. The van der Waals surface area contributed by atoms with E-state index in [4.69, 9.17) is 9.47 Å². The van der Waals surface area contributed by atoms with Gasteiger partial charge in [0.1, 0.15) is 0 Å². The van der Waals surface area contributed by atoms with Crippen LogP contribution in [-0.2, 0) is 4.74 Å². The van der Waals surface area contributed by atoms with Gasteiger partial charge in [-0.3, -0.25) is 0 Å². The maximum Gasteiger partial charge on any atom is 0.356 e. The molecule has 2 rings (SSSR count). The summed E-state index contributed by atoms with van der Waals surface area (Å²) >= 11 is 0. The summed E-state index contributed by atoms with van der Waals surface area (Å²) < 4.78 is 15.7. The summed E-state index contributed by atoms with van der Waals surface area (Å²) in [6, 6.07) is 1.54. The minimum absolute atomic E-state index is 0.216. The third kappa shape index (κ3) is 2.72. The molecule has 0 amide bonds. The molecule has 1 heterocycles. The van der Waals surface area contributed by atoms with Gasteiger partial charge < -0.3 is 14.2 Å². The first-order valence-corrected chi connectivity index (χ1v) is 6.03. The molecule has 0 unspecified atom stereocenters. The molecule has 5 heteroatoms. The van der Waals surface area contributed by atoms with E-state index in [0.29, 0.717) is 11.5 Å². The smallest absolute Gasteiger partial charge is 0.356 e. The van der Waals surface area contributed by atoms with Crippen molar-refractivity contribution in [2.45, 2.75) is 31.8 Å². The minimum Gasteiger partial charge on any atom is -0.493 e. The van der Waals surface area contributed by atoms with Crippen LogP contribution in [-0.4, -0.2) is 31.3 Å². The third-order valence-electron chi connectivity index (χ3n) is 3.04. The number of pyridine rings is 1. The van der Waals surface area contributed by atoms with Gasteiger partial charge in [0.05, 0.1) is 26.5 Å². The van der Waals surface area contributed by atoms with E-state index in [9.17, 15) is 4.79 Å². The van der Waals surface area contributed by atoms with Crippen LogP contribution in [0.2, 0.25) is 0 Å². The number of aromatic nitrogens is 1. The predicted octanol–water partition coefficient (Wildman–Crippen LogP) is 2.20. The van der Waals surface area contributed by atoms with Crippen LogP contribution in [0.25, 0.3) is 0 Å². The van der Waals surface area contributed by atoms with Crippen LogP contribution < -0.4 is 9.47 Å². The summed E-state index contributed by atoms with van der Waals surface area (Å²) in [7, 11) is 2.86. The fourth-order valence-corrected chi connectivity index (χ4v) is 2.07. The normalized spacial score (nSPS) is 15.4. The molecule has 0 saturated heterocycles. The standard InChI is InChI=1S/C13H17NO4/c1-16-11-7-10(13(15)17-2)14-8-12(11)18-9-5-3-4-6-9/h7-9H,3-6H2,1-2H3. The molecule has 1 saturated carbocycles. The molecule has 1 aliphatic carbocycles. The van der Waals surface area contributed by atoms with Crippen molar-refractivity contribution in [3.05, 3.63) is 18.0 Å². The van der Waals surface area contributed by atoms with Gasteiger partial charge >= 0.3 is 5.97 Å². The number of hydrogen-bond acceptors (Lipinski definition) is 5. The lowest BCUT2D eigenvalue weighted by molar-refractivity contribution is 0.0593. The zero-order valence-electron chi connectivity index (χ0n) is 10.6. The highest BCUT2D eigenvalue weighted by Gasteiger charge is 2.20. The molecule has 1 aromatic rings. The molecule has 1 aromatic heterocycles. The summed E-state index contributed by atoms with van der Waals surface area (Å²) in [5, 5.41) is 0. The van der Waals surface area contributed by atoms with E-state index in [1.165, 1.54) is 39.3 Å². The molecule has 18 heavy (non-hydrogen) atoms. The number of nitrogens with zero attached hydrogens (tertiary/aromatic N) is 1. The molecular weight excluding hydrogens is 234 g/mol. The number of methoxy groups -OCH3 is 2. The lowest BCUT2D eigenvalue weighted by atomic mass is 10.3. The Morgan fingerprint density at radius 3 is 2.61 bits per heavy atom. The third-order valence-corrected chi connectivity index (χ3v) is 3.04. The van der Waals surface area contributed by atoms with E-state index in [1.807, 2.05) is 0 Å². The Hall–Kier alpha value is -1.78. The molecule has 0 radical (unpaired) electrons. The lowest BCUT2D eigenvalue weighted by Gasteiger charge is -2.15. The SMILES string of the molecule is COC(=O)c1cc(OC)c(OC2CCCC2)cn1. The molecular formula is C13H17NO4. The average molecular weight is 251 g/mol. The van der Waals surface area contributed by atoms with E-state index in [0.717, 1.165) is 12.8 Å². The monoisotopic (exact) mass is 251 g/mol. The Morgan fingerprint density at radius 2 is 2.00 bits per heavy atom. The van der Waals surface area contributed by atoms with Gasteiger partial charge in [-0.05, 0) is 25.7 Å². The second-order valence-corrected chi connectivity index (χ2v) is 4.24. The maximum atomic E-state index is 11.4. The van der Waals surface area contributed by atoms with Crippen molar-refractivity contribution in [3.8, 4) is 11.5 Å². The van der Waals surface area contributed by atoms with Gasteiger partial charge in [-0.1, -0.05) is 0 Å². The maximum absolute atomic E-state index is 11.4. The van der Waals surface area contributed by atoms with Gasteiger partial charge in [0.25, 0.3) is 0 Å². The second-order valence-electron chi connectivity index (χ2n) is 4.24. The first-order chi connectivity index (χ1) is 8.74. The number of rotatable bonds is 4. The number of esters is 1. The van der Waals surface area contributed by atoms with Crippen molar-refractivity contribution in [3.63, 3.8) is 0 Å². The fourth-order valence-electron chi connectivity index (χ4n) is 2.07. The van der Waals surface area contributed by atoms with Crippen LogP contribution in [0.4, 0.5) is 0 Å². The molecule has 98 valence electrons. The highest BCUT2D eigenvalue weighted by molar-refractivity contribution is 5.87. The molecule has 0 N–H and O–H groups in total. The molecule has 1 fully saturated rings. The number of carbonyl (C=O) groups is 1. The molecule has 5 nitrogen and oxygen atoms in total. The zero-order chi connectivity index (χ0) is 13.0. The van der Waals surface area contributed by atoms with Gasteiger partial charge in [-0.25, -0.2) is 9.78 Å². The Morgan fingerprint density at radius 1 is 1.28 bits per heavy atom. The van der Waals surface area contributed by atoms with Crippen LogP contribution in [0.5, 0.6) is 11.5 Å². The zero-order valence-corrected chi connectivity index (χ0v) is 10.6. The first kappa shape index (κ1) is 12.7. The average Bonchev–Trinajstić information content (AvgIpc) is 2.91. The molecule has 1 aliphatic rings. The molecule has 0 atom stereocenters. The van der Waals surface area contributed by atoms with E-state index in [2.05, 4.69) is 9.72 Å². The Balaban J connectivity index is 2.17. The van der Waals surface area contributed by atoms with Crippen LogP contribution in [0.15, 0.2) is 12.3 Å². The summed E-state index contributed by atoms with van der Waals surface area (Å²) in [5.74, 6) is 0.607. The first-order valence-electron chi connectivity index (χ1n) is 6.03. The van der Waals surface area contributed by atoms with E-state index >= 15 is 0 Å². The lowest BCUT2D eigenvalue weighted by Crippen LogP contribution is -2.13. The van der Waals surface area contributed by atoms with Crippen LogP contribution >= 0.6 is 0 Å². The highest BCUT2D eigenvalue weighted by atomic mass is 16.5. The summed E-state index contributed by atoms with van der Waals surface area (Å²) in [6.45, 7) is 0. The Bertz CT molecular complexity index is 427. The molecule has 0 aromatic carbocycles. The molecule has 0 bridgehead atoms. The van der Waals surface area contributed by atoms with Gasteiger partial charge in [0, 0.05) is 6.07 Å². The minimum atomic E-state index is -0.485. The van der Waals surface area contributed by atoms with Crippen molar-refractivity contribution < 1.29 is 19.0 Å². The second kappa shape index (κ2) is 5.71. The van der Waals surface area contributed by atoms with E-state index in [1.54, 1.807) is 0 Å². The summed E-state index contributed by atoms with van der Waals surface area (Å²) in [5.41, 5.74) is 0.216.